The number of nitrogens with zero attached hydrogens (tertiary/aromatic N) is 1. The van der Waals surface area contributed by atoms with Gasteiger partial charge in [-0.05, 0) is 19.8 Å². The quantitative estimate of drug-likeness (QED) is 0.664. The summed E-state index contributed by atoms with van der Waals surface area (Å²) in [7, 11) is -2.49. The molecule has 8 nitrogen and oxygen atoms in total. The number of carbonyl (C=O) groups excluding carboxylic acids is 1. The third kappa shape index (κ3) is 3.17. The van der Waals surface area contributed by atoms with Gasteiger partial charge in [0.1, 0.15) is 4.90 Å². The molecule has 0 bridgehead atoms. The molecule has 1 aromatic rings. The van der Waals surface area contributed by atoms with Gasteiger partial charge in [0.15, 0.2) is 5.69 Å². The number of aromatic nitrogens is 2. The number of H-pyrrole nitrogens is 1. The summed E-state index contributed by atoms with van der Waals surface area (Å²) in [6.45, 7) is 2.06. The molecule has 9 heteroatoms. The van der Waals surface area contributed by atoms with Crippen molar-refractivity contribution in [2.75, 3.05) is 13.7 Å². The second-order valence-corrected chi connectivity index (χ2v) is 6.46. The van der Waals surface area contributed by atoms with E-state index in [0.717, 1.165) is 12.8 Å². The largest absolute Gasteiger partial charge is 0.383 e. The molecule has 1 amide bonds. The Bertz CT molecular complexity index is 606. The fourth-order valence-electron chi connectivity index (χ4n) is 2.02. The Morgan fingerprint density at radius 3 is 2.75 bits per heavy atom. The molecule has 1 unspecified atom stereocenters. The second kappa shape index (κ2) is 5.51. The van der Waals surface area contributed by atoms with Crippen LogP contribution in [0.5, 0.6) is 0 Å². The van der Waals surface area contributed by atoms with E-state index in [2.05, 4.69) is 15.5 Å². The number of rotatable bonds is 6. The number of hydrogen-bond acceptors (Lipinski definition) is 5. The van der Waals surface area contributed by atoms with Crippen LogP contribution < -0.4 is 10.5 Å². The van der Waals surface area contributed by atoms with Gasteiger partial charge in [-0.25, -0.2) is 13.6 Å². The van der Waals surface area contributed by atoms with E-state index >= 15 is 0 Å². The van der Waals surface area contributed by atoms with Gasteiger partial charge in [-0.15, -0.1) is 0 Å². The van der Waals surface area contributed by atoms with Crippen LogP contribution in [-0.4, -0.2) is 44.3 Å². The lowest BCUT2D eigenvalue weighted by Gasteiger charge is -2.12. The van der Waals surface area contributed by atoms with Crippen LogP contribution in [0.15, 0.2) is 4.90 Å². The van der Waals surface area contributed by atoms with E-state index in [4.69, 9.17) is 9.88 Å². The van der Waals surface area contributed by atoms with Gasteiger partial charge in [-0.3, -0.25) is 9.89 Å². The minimum atomic E-state index is -4.00. The Morgan fingerprint density at radius 2 is 2.25 bits per heavy atom. The van der Waals surface area contributed by atoms with Crippen LogP contribution in [0.4, 0.5) is 0 Å². The average Bonchev–Trinajstić information content (AvgIpc) is 3.06. The summed E-state index contributed by atoms with van der Waals surface area (Å²) in [5.41, 5.74) is 0.245. The van der Waals surface area contributed by atoms with E-state index < -0.39 is 15.9 Å². The van der Waals surface area contributed by atoms with Gasteiger partial charge in [0, 0.05) is 19.1 Å². The predicted octanol–water partition coefficient (Wildman–Crippen LogP) is -0.301. The number of sulfonamides is 1. The number of amides is 1. The molecular weight excluding hydrogens is 284 g/mol. The number of nitrogens with two attached hydrogens (primary N) is 1. The molecule has 112 valence electrons. The van der Waals surface area contributed by atoms with Crippen molar-refractivity contribution in [1.82, 2.24) is 15.5 Å². The number of methoxy groups -OCH3 is 1. The van der Waals surface area contributed by atoms with Crippen LogP contribution in [0.3, 0.4) is 0 Å². The zero-order valence-electron chi connectivity index (χ0n) is 11.3. The topological polar surface area (TPSA) is 127 Å². The molecule has 20 heavy (non-hydrogen) atoms. The van der Waals surface area contributed by atoms with Crippen LogP contribution in [0, 0.1) is 0 Å². The van der Waals surface area contributed by atoms with Gasteiger partial charge in [-0.1, -0.05) is 0 Å². The van der Waals surface area contributed by atoms with Gasteiger partial charge in [0.05, 0.1) is 12.3 Å². The summed E-state index contributed by atoms with van der Waals surface area (Å²) >= 11 is 0. The molecule has 0 radical (unpaired) electrons. The molecule has 1 aliphatic carbocycles. The average molecular weight is 302 g/mol. The van der Waals surface area contributed by atoms with Crippen molar-refractivity contribution in [2.24, 2.45) is 5.14 Å². The van der Waals surface area contributed by atoms with Gasteiger partial charge < -0.3 is 10.1 Å². The molecular formula is C11H18N4O4S. The van der Waals surface area contributed by atoms with Crippen LogP contribution in [0.1, 0.15) is 41.9 Å². The molecule has 1 heterocycles. The highest BCUT2D eigenvalue weighted by molar-refractivity contribution is 7.89. The number of primary sulfonamides is 1. The maximum atomic E-state index is 12.1. The Balaban J connectivity index is 2.30. The maximum absolute atomic E-state index is 12.1. The normalized spacial score (nSPS) is 16.9. The first-order chi connectivity index (χ1) is 9.34. The third-order valence-electron chi connectivity index (χ3n) is 3.03. The first-order valence-electron chi connectivity index (χ1n) is 6.25. The van der Waals surface area contributed by atoms with Crippen molar-refractivity contribution >= 4 is 15.9 Å². The highest BCUT2D eigenvalue weighted by Crippen LogP contribution is 2.42. The molecule has 1 fully saturated rings. The minimum Gasteiger partial charge on any atom is -0.383 e. The van der Waals surface area contributed by atoms with Gasteiger partial charge in [-0.2, -0.15) is 5.10 Å². The number of carbonyl (C=O) groups is 1. The number of hydrogen-bond donors (Lipinski definition) is 3. The molecule has 4 N–H and O–H groups in total. The second-order valence-electron chi connectivity index (χ2n) is 4.96. The Morgan fingerprint density at radius 1 is 1.60 bits per heavy atom. The molecule has 2 rings (SSSR count). The fourth-order valence-corrected chi connectivity index (χ4v) is 2.95. The lowest BCUT2D eigenvalue weighted by Crippen LogP contribution is -2.36. The van der Waals surface area contributed by atoms with Gasteiger partial charge >= 0.3 is 0 Å². The Labute approximate surface area is 117 Å². The summed E-state index contributed by atoms with van der Waals surface area (Å²) in [5.74, 6) is -0.490. The third-order valence-corrected chi connectivity index (χ3v) is 4.01. The predicted molar refractivity (Wildman–Crippen MR) is 70.7 cm³/mol. The molecule has 0 aromatic carbocycles. The zero-order valence-corrected chi connectivity index (χ0v) is 12.2. The minimum absolute atomic E-state index is 0.0915. The summed E-state index contributed by atoms with van der Waals surface area (Å²) in [6, 6.07) is -0.262. The maximum Gasteiger partial charge on any atom is 0.273 e. The van der Waals surface area contributed by atoms with Crippen molar-refractivity contribution in [3.8, 4) is 0 Å². The summed E-state index contributed by atoms with van der Waals surface area (Å²) in [6.07, 6.45) is 1.73. The van der Waals surface area contributed by atoms with E-state index in [1.54, 1.807) is 6.92 Å². The number of ether oxygens (including phenoxy) is 1. The van der Waals surface area contributed by atoms with Crippen LogP contribution >= 0.6 is 0 Å². The lowest BCUT2D eigenvalue weighted by atomic mass is 10.2. The first-order valence-corrected chi connectivity index (χ1v) is 7.80. The van der Waals surface area contributed by atoms with E-state index in [9.17, 15) is 13.2 Å². The van der Waals surface area contributed by atoms with E-state index in [1.165, 1.54) is 7.11 Å². The molecule has 1 aliphatic rings. The van der Waals surface area contributed by atoms with E-state index in [-0.39, 0.29) is 22.5 Å². The highest BCUT2D eigenvalue weighted by Gasteiger charge is 2.36. The summed E-state index contributed by atoms with van der Waals surface area (Å²) in [4.78, 5) is 11.9. The Kier molecular flexibility index (Phi) is 4.11. The van der Waals surface area contributed by atoms with Crippen LogP contribution in [0.25, 0.3) is 0 Å². The van der Waals surface area contributed by atoms with Crippen molar-refractivity contribution in [3.63, 3.8) is 0 Å². The number of aromatic amines is 1. The van der Waals surface area contributed by atoms with Crippen molar-refractivity contribution in [1.29, 1.82) is 0 Å². The standard InChI is InChI=1S/C11H18N4O4S/c1-6(5-19-2)13-11(16)9-10(20(12,17)18)8(14-15-9)7-3-4-7/h6-7H,3-5H2,1-2H3,(H,13,16)(H,14,15)(H2,12,17,18). The van der Waals surface area contributed by atoms with Gasteiger partial charge in [0.25, 0.3) is 5.91 Å². The molecule has 1 atom stereocenters. The summed E-state index contributed by atoms with van der Waals surface area (Å²) in [5, 5.41) is 14.3. The van der Waals surface area contributed by atoms with Gasteiger partial charge in [0.2, 0.25) is 10.0 Å². The molecule has 1 aromatic heterocycles. The molecule has 0 saturated heterocycles. The zero-order chi connectivity index (χ0) is 14.9. The smallest absolute Gasteiger partial charge is 0.273 e. The lowest BCUT2D eigenvalue weighted by molar-refractivity contribution is 0.0897. The first kappa shape index (κ1) is 14.9. The van der Waals surface area contributed by atoms with Crippen molar-refractivity contribution in [3.05, 3.63) is 11.4 Å². The fraction of sp³-hybridized carbons (Fsp3) is 0.636. The molecule has 0 aliphatic heterocycles. The highest BCUT2D eigenvalue weighted by atomic mass is 32.2. The SMILES string of the molecule is COCC(C)NC(=O)c1n[nH]c(C2CC2)c1S(N)(=O)=O. The van der Waals surface area contributed by atoms with Crippen LogP contribution in [-0.2, 0) is 14.8 Å². The van der Waals surface area contributed by atoms with Crippen molar-refractivity contribution in [2.45, 2.75) is 36.6 Å². The monoisotopic (exact) mass is 302 g/mol. The summed E-state index contributed by atoms with van der Waals surface area (Å²) < 4.78 is 28.3. The number of nitrogens with one attached hydrogen (secondary N) is 2. The Hall–Kier alpha value is -1.45. The van der Waals surface area contributed by atoms with E-state index in [1.807, 2.05) is 0 Å². The van der Waals surface area contributed by atoms with Crippen molar-refractivity contribution < 1.29 is 17.9 Å². The van der Waals surface area contributed by atoms with E-state index in [0.29, 0.717) is 12.3 Å². The molecule has 0 spiro atoms. The van der Waals surface area contributed by atoms with Crippen LogP contribution in [0.2, 0.25) is 0 Å². The molecule has 1 saturated carbocycles.